The molecule has 0 radical (unpaired) electrons. The Balaban J connectivity index is 2.64. The monoisotopic (exact) mass is 290 g/mol. The molecule has 0 amide bonds. The lowest BCUT2D eigenvalue weighted by molar-refractivity contribution is 0.597. The van der Waals surface area contributed by atoms with Crippen LogP contribution >= 0.6 is 11.6 Å². The van der Waals surface area contributed by atoms with Gasteiger partial charge in [-0.25, -0.2) is 8.78 Å². The van der Waals surface area contributed by atoms with E-state index in [4.69, 9.17) is 17.3 Å². The molecule has 0 aliphatic carbocycles. The van der Waals surface area contributed by atoms with Crippen molar-refractivity contribution in [3.05, 3.63) is 70.2 Å². The highest BCUT2D eigenvalue weighted by molar-refractivity contribution is 6.30. The Bertz CT molecular complexity index is 719. The highest BCUT2D eigenvalue weighted by Gasteiger charge is 2.15. The van der Waals surface area contributed by atoms with Crippen LogP contribution in [-0.4, -0.2) is 0 Å². The molecule has 0 fully saturated rings. The van der Waals surface area contributed by atoms with Gasteiger partial charge < -0.3 is 5.73 Å². The number of allylic oxidation sites excluding steroid dienone is 1. The molecule has 5 heteroatoms. The van der Waals surface area contributed by atoms with E-state index in [1.807, 2.05) is 6.07 Å². The Labute approximate surface area is 119 Å². The van der Waals surface area contributed by atoms with Crippen molar-refractivity contribution in [3.8, 4) is 6.07 Å². The summed E-state index contributed by atoms with van der Waals surface area (Å²) in [4.78, 5) is 0. The Morgan fingerprint density at radius 1 is 1.10 bits per heavy atom. The van der Waals surface area contributed by atoms with Gasteiger partial charge in [0, 0.05) is 5.56 Å². The Hall–Kier alpha value is -2.38. The summed E-state index contributed by atoms with van der Waals surface area (Å²) in [5, 5.41) is 8.86. The van der Waals surface area contributed by atoms with Crippen molar-refractivity contribution in [3.63, 3.8) is 0 Å². The van der Waals surface area contributed by atoms with E-state index in [-0.39, 0.29) is 21.9 Å². The zero-order valence-corrected chi connectivity index (χ0v) is 11.0. The van der Waals surface area contributed by atoms with Crippen LogP contribution in [0.25, 0.3) is 11.3 Å². The van der Waals surface area contributed by atoms with E-state index in [0.29, 0.717) is 5.56 Å². The summed E-state index contributed by atoms with van der Waals surface area (Å²) in [6.07, 6.45) is 0. The van der Waals surface area contributed by atoms with Crippen LogP contribution in [0, 0.1) is 23.0 Å². The van der Waals surface area contributed by atoms with Gasteiger partial charge in [0.25, 0.3) is 0 Å². The Morgan fingerprint density at radius 3 is 2.35 bits per heavy atom. The third kappa shape index (κ3) is 2.63. The molecule has 0 saturated heterocycles. The van der Waals surface area contributed by atoms with Crippen LogP contribution < -0.4 is 5.73 Å². The normalized spacial score (nSPS) is 11.7. The molecular weight excluding hydrogens is 282 g/mol. The number of rotatable bonds is 2. The number of nitriles is 1. The van der Waals surface area contributed by atoms with Gasteiger partial charge in [0.1, 0.15) is 17.7 Å². The van der Waals surface area contributed by atoms with Gasteiger partial charge in [0.15, 0.2) is 0 Å². The first-order valence-corrected chi connectivity index (χ1v) is 6.02. The van der Waals surface area contributed by atoms with Crippen molar-refractivity contribution in [2.75, 3.05) is 0 Å². The summed E-state index contributed by atoms with van der Waals surface area (Å²) in [5.74, 6) is -1.58. The molecule has 0 bridgehead atoms. The molecule has 0 atom stereocenters. The van der Waals surface area contributed by atoms with Gasteiger partial charge in [-0.05, 0) is 17.7 Å². The molecule has 0 unspecified atom stereocenters. The molecule has 2 aromatic rings. The van der Waals surface area contributed by atoms with Crippen molar-refractivity contribution in [1.29, 1.82) is 5.26 Å². The van der Waals surface area contributed by atoms with Gasteiger partial charge >= 0.3 is 0 Å². The average molecular weight is 291 g/mol. The summed E-state index contributed by atoms with van der Waals surface area (Å²) < 4.78 is 27.2. The van der Waals surface area contributed by atoms with Crippen molar-refractivity contribution in [2.45, 2.75) is 0 Å². The fourth-order valence-corrected chi connectivity index (χ4v) is 1.90. The minimum atomic E-state index is -0.795. The predicted molar refractivity (Wildman–Crippen MR) is 74.4 cm³/mol. The lowest BCUT2D eigenvalue weighted by Gasteiger charge is -2.08. The topological polar surface area (TPSA) is 49.8 Å². The molecule has 2 rings (SSSR count). The van der Waals surface area contributed by atoms with Crippen LogP contribution in [0.1, 0.15) is 11.1 Å². The molecule has 0 heterocycles. The van der Waals surface area contributed by atoms with E-state index >= 15 is 0 Å². The smallest absolute Gasteiger partial charge is 0.142 e. The van der Waals surface area contributed by atoms with Crippen LogP contribution in [0.15, 0.2) is 42.5 Å². The first-order valence-electron chi connectivity index (χ1n) is 5.64. The Kier molecular flexibility index (Phi) is 4.02. The molecule has 0 aliphatic heterocycles. The second-order valence-corrected chi connectivity index (χ2v) is 4.42. The molecule has 2 aromatic carbocycles. The highest BCUT2D eigenvalue weighted by Crippen LogP contribution is 2.27. The molecule has 2 N–H and O–H groups in total. The SMILES string of the molecule is N#C/C(=C(/N)c1cc(F)c(Cl)cc1F)c1ccccc1. The second-order valence-electron chi connectivity index (χ2n) is 4.01. The van der Waals surface area contributed by atoms with Crippen molar-refractivity contribution >= 4 is 22.9 Å². The van der Waals surface area contributed by atoms with Gasteiger partial charge in [-0.15, -0.1) is 0 Å². The average Bonchev–Trinajstić information content (AvgIpc) is 2.44. The van der Waals surface area contributed by atoms with Gasteiger partial charge in [-0.3, -0.25) is 0 Å². The van der Waals surface area contributed by atoms with Crippen molar-refractivity contribution < 1.29 is 8.78 Å². The quantitative estimate of drug-likeness (QED) is 0.517. The van der Waals surface area contributed by atoms with Crippen LogP contribution in [0.3, 0.4) is 0 Å². The van der Waals surface area contributed by atoms with Gasteiger partial charge in [-0.1, -0.05) is 41.9 Å². The van der Waals surface area contributed by atoms with Gasteiger partial charge in [0.05, 0.1) is 16.3 Å². The molecule has 2 nitrogen and oxygen atoms in total. The minimum absolute atomic E-state index is 0.0752. The number of hydrogen-bond donors (Lipinski definition) is 1. The molecule has 0 saturated carbocycles. The maximum absolute atomic E-state index is 13.8. The van der Waals surface area contributed by atoms with Crippen LogP contribution in [0.5, 0.6) is 0 Å². The highest BCUT2D eigenvalue weighted by atomic mass is 35.5. The standard InChI is InChI=1S/C15H9ClF2N2/c16-12-7-13(17)10(6-14(12)18)15(20)11(8-19)9-4-2-1-3-5-9/h1-7H,20H2/b15-11-. The van der Waals surface area contributed by atoms with E-state index in [2.05, 4.69) is 0 Å². The number of nitrogens with two attached hydrogens (primary N) is 1. The van der Waals surface area contributed by atoms with E-state index in [1.54, 1.807) is 30.3 Å². The zero-order valence-electron chi connectivity index (χ0n) is 10.2. The fraction of sp³-hybridized carbons (Fsp3) is 0. The minimum Gasteiger partial charge on any atom is -0.397 e. The molecule has 100 valence electrons. The molecule has 0 aromatic heterocycles. The summed E-state index contributed by atoms with van der Waals surface area (Å²) in [7, 11) is 0. The number of benzene rings is 2. The summed E-state index contributed by atoms with van der Waals surface area (Å²) in [6, 6.07) is 12.2. The largest absolute Gasteiger partial charge is 0.397 e. The summed E-state index contributed by atoms with van der Waals surface area (Å²) in [5.41, 5.74) is 6.09. The van der Waals surface area contributed by atoms with Crippen LogP contribution in [-0.2, 0) is 0 Å². The third-order valence-electron chi connectivity index (χ3n) is 2.74. The molecular formula is C15H9ClF2N2. The molecule has 20 heavy (non-hydrogen) atoms. The van der Waals surface area contributed by atoms with Gasteiger partial charge in [-0.2, -0.15) is 5.26 Å². The number of halogens is 3. The predicted octanol–water partition coefficient (Wildman–Crippen LogP) is 3.97. The van der Waals surface area contributed by atoms with E-state index < -0.39 is 11.6 Å². The number of hydrogen-bond acceptors (Lipinski definition) is 2. The first kappa shape index (κ1) is 14.0. The van der Waals surface area contributed by atoms with E-state index in [0.717, 1.165) is 12.1 Å². The first-order chi connectivity index (χ1) is 9.54. The maximum atomic E-state index is 13.8. The van der Waals surface area contributed by atoms with E-state index in [9.17, 15) is 14.0 Å². The van der Waals surface area contributed by atoms with E-state index in [1.165, 1.54) is 0 Å². The van der Waals surface area contributed by atoms with Gasteiger partial charge in [0.2, 0.25) is 0 Å². The Morgan fingerprint density at radius 2 is 1.75 bits per heavy atom. The lowest BCUT2D eigenvalue weighted by Crippen LogP contribution is -2.04. The maximum Gasteiger partial charge on any atom is 0.142 e. The number of nitrogens with zero attached hydrogens (tertiary/aromatic N) is 1. The van der Waals surface area contributed by atoms with Crippen molar-refractivity contribution in [1.82, 2.24) is 0 Å². The molecule has 0 aliphatic rings. The van der Waals surface area contributed by atoms with Crippen molar-refractivity contribution in [2.24, 2.45) is 5.73 Å². The summed E-state index contributed by atoms with van der Waals surface area (Å²) >= 11 is 5.48. The second kappa shape index (κ2) is 5.72. The third-order valence-corrected chi connectivity index (χ3v) is 3.03. The molecule has 0 spiro atoms. The lowest BCUT2D eigenvalue weighted by atomic mass is 10.0. The van der Waals surface area contributed by atoms with Crippen LogP contribution in [0.2, 0.25) is 5.02 Å². The zero-order chi connectivity index (χ0) is 14.7. The fourth-order valence-electron chi connectivity index (χ4n) is 1.75. The summed E-state index contributed by atoms with van der Waals surface area (Å²) in [6.45, 7) is 0. The van der Waals surface area contributed by atoms with Crippen LogP contribution in [0.4, 0.5) is 8.78 Å².